The summed E-state index contributed by atoms with van der Waals surface area (Å²) in [5.74, 6) is 1.85. The molecule has 4 heterocycles. The van der Waals surface area contributed by atoms with Gasteiger partial charge in [0.2, 0.25) is 5.71 Å². The molecular formula is C35H21N5O. The van der Waals surface area contributed by atoms with E-state index >= 15 is 0 Å². The first-order valence-electron chi connectivity index (χ1n) is 13.4. The lowest BCUT2D eigenvalue weighted by Crippen LogP contribution is -2.00. The minimum atomic E-state index is 0.565. The molecular weight excluding hydrogens is 506 g/mol. The molecule has 41 heavy (non-hydrogen) atoms. The third-order valence-electron chi connectivity index (χ3n) is 7.16. The van der Waals surface area contributed by atoms with Crippen molar-refractivity contribution >= 4 is 33.0 Å². The van der Waals surface area contributed by atoms with Crippen LogP contribution in [-0.2, 0) is 0 Å². The second-order valence-corrected chi connectivity index (χ2v) is 9.79. The van der Waals surface area contributed by atoms with Crippen molar-refractivity contribution in [1.29, 1.82) is 0 Å². The molecule has 0 bridgehead atoms. The molecule has 0 atom stereocenters. The summed E-state index contributed by atoms with van der Waals surface area (Å²) in [5.41, 5.74) is 6.55. The molecule has 0 amide bonds. The largest absolute Gasteiger partial charge is 0.438 e. The molecule has 6 nitrogen and oxygen atoms in total. The lowest BCUT2D eigenvalue weighted by Gasteiger charge is -2.08. The Balaban J connectivity index is 1.25. The van der Waals surface area contributed by atoms with Gasteiger partial charge in [-0.15, -0.1) is 0 Å². The summed E-state index contributed by atoms with van der Waals surface area (Å²) < 4.78 is 6.19. The number of benzene rings is 4. The predicted octanol–water partition coefficient (Wildman–Crippen LogP) is 8.38. The normalized spacial score (nSPS) is 11.4. The molecule has 8 aromatic rings. The van der Waals surface area contributed by atoms with Gasteiger partial charge in [0.05, 0.1) is 16.9 Å². The van der Waals surface area contributed by atoms with Crippen LogP contribution < -0.4 is 0 Å². The Morgan fingerprint density at radius 3 is 1.76 bits per heavy atom. The van der Waals surface area contributed by atoms with Crippen molar-refractivity contribution in [1.82, 2.24) is 24.9 Å². The molecule has 0 saturated heterocycles. The molecule has 0 N–H and O–H groups in total. The van der Waals surface area contributed by atoms with Crippen LogP contribution in [0.1, 0.15) is 0 Å². The molecule has 8 rings (SSSR count). The van der Waals surface area contributed by atoms with E-state index in [0.717, 1.165) is 55.3 Å². The number of pyridine rings is 2. The van der Waals surface area contributed by atoms with Crippen LogP contribution in [0.5, 0.6) is 0 Å². The van der Waals surface area contributed by atoms with Crippen molar-refractivity contribution < 1.29 is 4.42 Å². The van der Waals surface area contributed by atoms with Crippen LogP contribution >= 0.6 is 0 Å². The summed E-state index contributed by atoms with van der Waals surface area (Å²) in [4.78, 5) is 24.2. The van der Waals surface area contributed by atoms with Crippen molar-refractivity contribution in [3.05, 3.63) is 127 Å². The lowest BCUT2D eigenvalue weighted by atomic mass is 10.1. The van der Waals surface area contributed by atoms with Gasteiger partial charge in [0.1, 0.15) is 5.58 Å². The second kappa shape index (κ2) is 9.47. The van der Waals surface area contributed by atoms with Crippen molar-refractivity contribution in [3.63, 3.8) is 0 Å². The summed E-state index contributed by atoms with van der Waals surface area (Å²) in [5, 5.41) is 2.97. The maximum absolute atomic E-state index is 6.19. The number of fused-ring (bicyclic) bond motifs is 4. The highest BCUT2D eigenvalue weighted by Gasteiger charge is 2.16. The van der Waals surface area contributed by atoms with Crippen LogP contribution in [0.3, 0.4) is 0 Å². The highest BCUT2D eigenvalue weighted by atomic mass is 16.3. The second-order valence-electron chi connectivity index (χ2n) is 9.79. The number of furan rings is 1. The molecule has 4 aromatic carbocycles. The minimum absolute atomic E-state index is 0.565. The Bertz CT molecular complexity index is 2150. The van der Waals surface area contributed by atoms with Crippen LogP contribution in [-0.4, -0.2) is 24.9 Å². The average Bonchev–Trinajstić information content (AvgIpc) is 3.42. The van der Waals surface area contributed by atoms with E-state index in [1.54, 1.807) is 0 Å². The molecule has 0 spiro atoms. The van der Waals surface area contributed by atoms with Gasteiger partial charge in [-0.3, -0.25) is 0 Å². The van der Waals surface area contributed by atoms with Gasteiger partial charge >= 0.3 is 0 Å². The van der Waals surface area contributed by atoms with Crippen LogP contribution in [0.2, 0.25) is 0 Å². The molecule has 0 aliphatic rings. The predicted molar refractivity (Wildman–Crippen MR) is 162 cm³/mol. The van der Waals surface area contributed by atoms with Crippen LogP contribution in [0.15, 0.2) is 132 Å². The molecule has 0 fully saturated rings. The van der Waals surface area contributed by atoms with E-state index < -0.39 is 0 Å². The van der Waals surface area contributed by atoms with E-state index in [9.17, 15) is 0 Å². The molecule has 0 unspecified atom stereocenters. The van der Waals surface area contributed by atoms with E-state index in [0.29, 0.717) is 23.2 Å². The third kappa shape index (κ3) is 4.19. The maximum atomic E-state index is 6.19. The smallest absolute Gasteiger partial charge is 0.227 e. The fourth-order valence-corrected chi connectivity index (χ4v) is 5.08. The molecule has 0 radical (unpaired) electrons. The van der Waals surface area contributed by atoms with Gasteiger partial charge in [-0.05, 0) is 42.5 Å². The first kappa shape index (κ1) is 23.2. The van der Waals surface area contributed by atoms with Crippen molar-refractivity contribution in [2.75, 3.05) is 0 Å². The first-order chi connectivity index (χ1) is 20.3. The van der Waals surface area contributed by atoms with Gasteiger partial charge in [-0.2, -0.15) is 0 Å². The topological polar surface area (TPSA) is 77.6 Å². The van der Waals surface area contributed by atoms with Gasteiger partial charge in [0.15, 0.2) is 17.5 Å². The number of para-hydroxylation sites is 1. The van der Waals surface area contributed by atoms with Crippen molar-refractivity contribution in [2.45, 2.75) is 0 Å². The van der Waals surface area contributed by atoms with E-state index in [1.165, 1.54) is 0 Å². The van der Waals surface area contributed by atoms with E-state index in [4.69, 9.17) is 29.3 Å². The SMILES string of the molecule is c1ccc(-c2nc(-c3ccccc3)nc(-c3ccc4oc5nc(-c6ccc7ccccc7n6)ccc5c4c3)n2)cc1. The monoisotopic (exact) mass is 527 g/mol. The van der Waals surface area contributed by atoms with Crippen LogP contribution in [0.4, 0.5) is 0 Å². The lowest BCUT2D eigenvalue weighted by molar-refractivity contribution is 0.654. The van der Waals surface area contributed by atoms with Gasteiger partial charge < -0.3 is 4.42 Å². The highest BCUT2D eigenvalue weighted by Crippen LogP contribution is 2.33. The van der Waals surface area contributed by atoms with E-state index in [1.807, 2.05) is 109 Å². The molecule has 192 valence electrons. The molecule has 4 aromatic heterocycles. The quantitative estimate of drug-likeness (QED) is 0.229. The zero-order valence-electron chi connectivity index (χ0n) is 21.8. The zero-order chi connectivity index (χ0) is 27.2. The van der Waals surface area contributed by atoms with E-state index in [2.05, 4.69) is 18.2 Å². The van der Waals surface area contributed by atoms with Crippen molar-refractivity contribution in [2.24, 2.45) is 0 Å². The number of rotatable bonds is 4. The number of hydrogen-bond donors (Lipinski definition) is 0. The Morgan fingerprint density at radius 1 is 0.415 bits per heavy atom. The first-order valence-corrected chi connectivity index (χ1v) is 13.4. The summed E-state index contributed by atoms with van der Waals surface area (Å²) in [7, 11) is 0. The number of hydrogen-bond acceptors (Lipinski definition) is 6. The van der Waals surface area contributed by atoms with Crippen LogP contribution in [0, 0.1) is 0 Å². The third-order valence-corrected chi connectivity index (χ3v) is 7.16. The van der Waals surface area contributed by atoms with Gasteiger partial charge in [0.25, 0.3) is 0 Å². The van der Waals surface area contributed by atoms with E-state index in [-0.39, 0.29) is 0 Å². The molecule has 0 aliphatic heterocycles. The fourth-order valence-electron chi connectivity index (χ4n) is 5.08. The Hall–Kier alpha value is -5.75. The summed E-state index contributed by atoms with van der Waals surface area (Å²) >= 11 is 0. The van der Waals surface area contributed by atoms with Crippen molar-refractivity contribution in [3.8, 4) is 45.6 Å². The summed E-state index contributed by atoms with van der Waals surface area (Å²) in [6, 6.07) is 42.1. The maximum Gasteiger partial charge on any atom is 0.227 e. The highest BCUT2D eigenvalue weighted by molar-refractivity contribution is 6.05. The molecule has 6 heteroatoms. The Labute approximate surface area is 235 Å². The Kier molecular flexibility index (Phi) is 5.35. The van der Waals surface area contributed by atoms with Crippen LogP contribution in [0.25, 0.3) is 78.5 Å². The van der Waals surface area contributed by atoms with Gasteiger partial charge in [-0.25, -0.2) is 24.9 Å². The standard InChI is InChI=1S/C35H21N5O/c1-3-10-23(11-4-1)32-38-33(24-12-5-2-6-13-24)40-34(39-32)25-16-20-31-27(21-25)26-17-19-30(37-35(26)41-31)29-18-15-22-9-7-8-14-28(22)36-29/h1-21H. The molecule has 0 aliphatic carbocycles. The average molecular weight is 528 g/mol. The summed E-state index contributed by atoms with van der Waals surface area (Å²) in [6.07, 6.45) is 0. The number of aromatic nitrogens is 5. The fraction of sp³-hybridized carbons (Fsp3) is 0. The summed E-state index contributed by atoms with van der Waals surface area (Å²) in [6.45, 7) is 0. The minimum Gasteiger partial charge on any atom is -0.438 e. The Morgan fingerprint density at radius 2 is 1.02 bits per heavy atom. The number of nitrogens with zero attached hydrogens (tertiary/aromatic N) is 5. The molecule has 0 saturated carbocycles. The van der Waals surface area contributed by atoms with Gasteiger partial charge in [-0.1, -0.05) is 84.9 Å². The zero-order valence-corrected chi connectivity index (χ0v) is 21.8. The van der Waals surface area contributed by atoms with Gasteiger partial charge in [0, 0.05) is 32.8 Å².